The van der Waals surface area contributed by atoms with E-state index in [1.54, 1.807) is 7.11 Å². The molecule has 2 N–H and O–H groups in total. The molecule has 1 aliphatic heterocycles. The molecule has 1 saturated heterocycles. The Balaban J connectivity index is 1.70. The summed E-state index contributed by atoms with van der Waals surface area (Å²) in [5.74, 6) is 2.81. The predicted molar refractivity (Wildman–Crippen MR) is 93.3 cm³/mol. The topological polar surface area (TPSA) is 47.7 Å². The van der Waals surface area contributed by atoms with E-state index in [1.807, 2.05) is 12.1 Å². The molecule has 1 aliphatic carbocycles. The summed E-state index contributed by atoms with van der Waals surface area (Å²) in [5, 5.41) is 0.629. The number of likely N-dealkylation sites (tertiary alicyclic amines) is 1. The summed E-state index contributed by atoms with van der Waals surface area (Å²) in [4.78, 5) is 2.49. The Labute approximate surface area is 143 Å². The maximum Gasteiger partial charge on any atom is 0.179 e. The molecule has 2 aliphatic rings. The van der Waals surface area contributed by atoms with Crippen molar-refractivity contribution >= 4 is 11.6 Å². The van der Waals surface area contributed by atoms with Crippen LogP contribution < -0.4 is 15.2 Å². The van der Waals surface area contributed by atoms with Gasteiger partial charge in [0, 0.05) is 25.7 Å². The molecule has 0 unspecified atom stereocenters. The quantitative estimate of drug-likeness (QED) is 0.864. The van der Waals surface area contributed by atoms with Crippen molar-refractivity contribution in [3.63, 3.8) is 0 Å². The molecule has 1 saturated carbocycles. The minimum absolute atomic E-state index is 0.382. The lowest BCUT2D eigenvalue weighted by Gasteiger charge is -2.20. The summed E-state index contributed by atoms with van der Waals surface area (Å²) in [7, 11) is 1.66. The van der Waals surface area contributed by atoms with Gasteiger partial charge < -0.3 is 15.2 Å². The van der Waals surface area contributed by atoms with Gasteiger partial charge in [0.15, 0.2) is 11.5 Å². The van der Waals surface area contributed by atoms with Crippen LogP contribution in [0.1, 0.15) is 31.7 Å². The molecular formula is C18H27ClN2O2. The molecule has 4 nitrogen and oxygen atoms in total. The van der Waals surface area contributed by atoms with Crippen LogP contribution >= 0.6 is 11.6 Å². The van der Waals surface area contributed by atoms with Gasteiger partial charge in [0.05, 0.1) is 18.7 Å². The molecule has 0 spiro atoms. The predicted octanol–water partition coefficient (Wildman–Crippen LogP) is 3.31. The second-order valence-corrected chi connectivity index (χ2v) is 7.22. The van der Waals surface area contributed by atoms with E-state index in [0.29, 0.717) is 29.3 Å². The molecule has 2 fully saturated rings. The maximum atomic E-state index is 6.41. The van der Waals surface area contributed by atoms with Crippen molar-refractivity contribution in [1.29, 1.82) is 0 Å². The number of ether oxygens (including phenoxy) is 2. The van der Waals surface area contributed by atoms with Gasteiger partial charge in [0.1, 0.15) is 0 Å². The van der Waals surface area contributed by atoms with Crippen molar-refractivity contribution < 1.29 is 9.47 Å². The minimum atomic E-state index is 0.382. The molecule has 3 atom stereocenters. The SMILES string of the molecule is CCCOc1c(Cl)cc(CN2C[C@@H]3CC[C@H](N)[C@H]3C2)cc1OC. The van der Waals surface area contributed by atoms with Crippen molar-refractivity contribution in [2.45, 2.75) is 38.8 Å². The molecule has 23 heavy (non-hydrogen) atoms. The van der Waals surface area contributed by atoms with Crippen LogP contribution in [0, 0.1) is 11.8 Å². The van der Waals surface area contributed by atoms with E-state index in [2.05, 4.69) is 11.8 Å². The van der Waals surface area contributed by atoms with Crippen LogP contribution in [0.3, 0.4) is 0 Å². The molecule has 1 aromatic carbocycles. The largest absolute Gasteiger partial charge is 0.493 e. The first kappa shape index (κ1) is 16.9. The molecule has 0 amide bonds. The average molecular weight is 339 g/mol. The van der Waals surface area contributed by atoms with Crippen LogP contribution in [0.4, 0.5) is 0 Å². The number of hydrogen-bond acceptors (Lipinski definition) is 4. The highest BCUT2D eigenvalue weighted by molar-refractivity contribution is 6.32. The summed E-state index contributed by atoms with van der Waals surface area (Å²) in [6.07, 6.45) is 3.40. The molecule has 1 heterocycles. The number of nitrogens with zero attached hydrogens (tertiary/aromatic N) is 1. The van der Waals surface area contributed by atoms with Crippen molar-refractivity contribution in [3.05, 3.63) is 22.7 Å². The Morgan fingerprint density at radius 1 is 1.30 bits per heavy atom. The van der Waals surface area contributed by atoms with Gasteiger partial charge in [-0.15, -0.1) is 0 Å². The maximum absolute atomic E-state index is 6.41. The molecule has 1 aromatic rings. The van der Waals surface area contributed by atoms with Crippen LogP contribution in [0.5, 0.6) is 11.5 Å². The third-order valence-corrected chi connectivity index (χ3v) is 5.41. The smallest absolute Gasteiger partial charge is 0.179 e. The highest BCUT2D eigenvalue weighted by atomic mass is 35.5. The second kappa shape index (κ2) is 7.29. The third-order valence-electron chi connectivity index (χ3n) is 5.13. The number of nitrogens with two attached hydrogens (primary N) is 1. The number of benzene rings is 1. The lowest BCUT2D eigenvalue weighted by molar-refractivity contribution is 0.288. The highest BCUT2D eigenvalue weighted by Crippen LogP contribution is 2.40. The Morgan fingerprint density at radius 2 is 2.13 bits per heavy atom. The molecule has 0 aromatic heterocycles. The number of rotatable bonds is 6. The van der Waals surface area contributed by atoms with Crippen molar-refractivity contribution in [3.8, 4) is 11.5 Å². The summed E-state index contributed by atoms with van der Waals surface area (Å²) >= 11 is 6.41. The molecule has 0 radical (unpaired) electrons. The van der Waals surface area contributed by atoms with Crippen molar-refractivity contribution in [2.75, 3.05) is 26.8 Å². The Kier molecular flexibility index (Phi) is 5.34. The molecule has 5 heteroatoms. The van der Waals surface area contributed by atoms with Gasteiger partial charge in [-0.1, -0.05) is 18.5 Å². The van der Waals surface area contributed by atoms with Gasteiger partial charge in [-0.25, -0.2) is 0 Å². The number of hydrogen-bond donors (Lipinski definition) is 1. The van der Waals surface area contributed by atoms with Gasteiger partial charge in [0.25, 0.3) is 0 Å². The van der Waals surface area contributed by atoms with E-state index >= 15 is 0 Å². The normalized spacial score (nSPS) is 27.2. The van der Waals surface area contributed by atoms with Gasteiger partial charge in [0.2, 0.25) is 0 Å². The zero-order chi connectivity index (χ0) is 16.4. The van der Waals surface area contributed by atoms with Crippen LogP contribution in [0.25, 0.3) is 0 Å². The highest BCUT2D eigenvalue weighted by Gasteiger charge is 2.40. The standard InChI is InChI=1S/C18H27ClN2O2/c1-3-6-23-18-15(19)7-12(8-17(18)22-2)9-21-10-13-4-5-16(20)14(13)11-21/h7-8,13-14,16H,3-6,9-11,20H2,1-2H3/t13-,14-,16-/m0/s1. The fourth-order valence-corrected chi connectivity index (χ4v) is 4.28. The zero-order valence-electron chi connectivity index (χ0n) is 14.1. The second-order valence-electron chi connectivity index (χ2n) is 6.82. The van der Waals surface area contributed by atoms with E-state index in [-0.39, 0.29) is 0 Å². The minimum Gasteiger partial charge on any atom is -0.493 e. The van der Waals surface area contributed by atoms with Gasteiger partial charge in [-0.3, -0.25) is 4.90 Å². The first-order valence-electron chi connectivity index (χ1n) is 8.59. The van der Waals surface area contributed by atoms with Gasteiger partial charge in [-0.05, 0) is 48.8 Å². The van der Waals surface area contributed by atoms with Crippen molar-refractivity contribution in [2.24, 2.45) is 17.6 Å². The van der Waals surface area contributed by atoms with Gasteiger partial charge in [-0.2, -0.15) is 0 Å². The first-order valence-corrected chi connectivity index (χ1v) is 8.97. The summed E-state index contributed by atoms with van der Waals surface area (Å²) in [6.45, 7) is 5.85. The van der Waals surface area contributed by atoms with Crippen LogP contribution in [0.2, 0.25) is 5.02 Å². The first-order chi connectivity index (χ1) is 11.1. The summed E-state index contributed by atoms with van der Waals surface area (Å²) in [5.41, 5.74) is 7.40. The third kappa shape index (κ3) is 3.59. The Bertz CT molecular complexity index is 552. The number of methoxy groups -OCH3 is 1. The van der Waals surface area contributed by atoms with E-state index in [1.165, 1.54) is 18.4 Å². The lowest BCUT2D eigenvalue weighted by atomic mass is 9.98. The van der Waals surface area contributed by atoms with E-state index in [4.69, 9.17) is 26.8 Å². The Morgan fingerprint density at radius 3 is 2.83 bits per heavy atom. The average Bonchev–Trinajstić information content (AvgIpc) is 3.07. The van der Waals surface area contributed by atoms with Crippen LogP contribution in [0.15, 0.2) is 12.1 Å². The molecule has 3 rings (SSSR count). The molecule has 128 valence electrons. The van der Waals surface area contributed by atoms with Crippen LogP contribution in [-0.4, -0.2) is 37.7 Å². The zero-order valence-corrected chi connectivity index (χ0v) is 14.8. The monoisotopic (exact) mass is 338 g/mol. The number of halogens is 1. The van der Waals surface area contributed by atoms with Crippen molar-refractivity contribution in [1.82, 2.24) is 4.90 Å². The van der Waals surface area contributed by atoms with E-state index < -0.39 is 0 Å². The Hall–Kier alpha value is -0.970. The fraction of sp³-hybridized carbons (Fsp3) is 0.667. The van der Waals surface area contributed by atoms with Gasteiger partial charge >= 0.3 is 0 Å². The fourth-order valence-electron chi connectivity index (χ4n) is 4.00. The van der Waals surface area contributed by atoms with E-state index in [9.17, 15) is 0 Å². The number of fused-ring (bicyclic) bond motifs is 1. The molecular weight excluding hydrogens is 312 g/mol. The summed E-state index contributed by atoms with van der Waals surface area (Å²) < 4.78 is 11.2. The molecule has 0 bridgehead atoms. The van der Waals surface area contributed by atoms with E-state index in [0.717, 1.165) is 37.7 Å². The lowest BCUT2D eigenvalue weighted by Crippen LogP contribution is -2.30. The van der Waals surface area contributed by atoms with Crippen LogP contribution in [-0.2, 0) is 6.54 Å². The summed E-state index contributed by atoms with van der Waals surface area (Å²) in [6, 6.07) is 4.43.